The van der Waals surface area contributed by atoms with Gasteiger partial charge in [-0.1, -0.05) is 0 Å². The summed E-state index contributed by atoms with van der Waals surface area (Å²) in [7, 11) is 1.98. The van der Waals surface area contributed by atoms with E-state index in [1.54, 1.807) is 6.20 Å². The highest BCUT2D eigenvalue weighted by Crippen LogP contribution is 2.06. The maximum Gasteiger partial charge on any atom is 0.326 e. The molecule has 2 heterocycles. The number of aliphatic carboxylic acids is 1. The second-order valence-corrected chi connectivity index (χ2v) is 5.04. The first-order valence-corrected chi connectivity index (χ1v) is 6.50. The fourth-order valence-electron chi connectivity index (χ4n) is 2.25. The number of amides is 2. The highest BCUT2D eigenvalue weighted by molar-refractivity contribution is 5.82. The number of H-pyrrole nitrogens is 1. The summed E-state index contributed by atoms with van der Waals surface area (Å²) in [6, 6.07) is -1.35. The average molecular weight is 281 g/mol. The van der Waals surface area contributed by atoms with Crippen molar-refractivity contribution in [3.63, 3.8) is 0 Å². The molecular weight excluding hydrogens is 262 g/mol. The number of likely N-dealkylation sites (tertiary alicyclic amines) is 1. The maximum atomic E-state index is 11.8. The smallest absolute Gasteiger partial charge is 0.326 e. The number of nitrogens with zero attached hydrogens (tertiary/aromatic N) is 2. The molecule has 2 rings (SSSR count). The summed E-state index contributed by atoms with van der Waals surface area (Å²) in [4.78, 5) is 31.7. The number of rotatable bonds is 5. The van der Waals surface area contributed by atoms with E-state index in [0.29, 0.717) is 5.69 Å². The molecular formula is C12H19N5O3. The molecule has 2 amide bonds. The molecule has 1 aromatic heterocycles. The van der Waals surface area contributed by atoms with Crippen molar-refractivity contribution in [1.82, 2.24) is 25.5 Å². The third-order valence-corrected chi connectivity index (χ3v) is 3.31. The zero-order valence-electron chi connectivity index (χ0n) is 11.3. The molecule has 20 heavy (non-hydrogen) atoms. The Morgan fingerprint density at radius 1 is 1.65 bits per heavy atom. The number of likely N-dealkylation sites (N-methyl/N-ethyl adjacent to an activating group) is 1. The number of aromatic amines is 1. The molecule has 2 atom stereocenters. The molecule has 1 saturated heterocycles. The van der Waals surface area contributed by atoms with E-state index in [2.05, 4.69) is 25.5 Å². The SMILES string of the molecule is CN1CCC(NC(=O)N[C@@H](Cc2cnc[nH]2)C(=O)O)C1. The van der Waals surface area contributed by atoms with Crippen LogP contribution in [0.4, 0.5) is 4.79 Å². The first-order chi connectivity index (χ1) is 9.54. The van der Waals surface area contributed by atoms with Gasteiger partial charge in [0.2, 0.25) is 0 Å². The summed E-state index contributed by atoms with van der Waals surface area (Å²) in [5.74, 6) is -1.07. The highest BCUT2D eigenvalue weighted by atomic mass is 16.4. The first-order valence-electron chi connectivity index (χ1n) is 6.50. The molecule has 0 spiro atoms. The lowest BCUT2D eigenvalue weighted by Crippen LogP contribution is -2.50. The van der Waals surface area contributed by atoms with Crippen LogP contribution in [0, 0.1) is 0 Å². The van der Waals surface area contributed by atoms with Gasteiger partial charge in [0.15, 0.2) is 0 Å². The van der Waals surface area contributed by atoms with E-state index in [0.717, 1.165) is 19.5 Å². The topological polar surface area (TPSA) is 110 Å². The van der Waals surface area contributed by atoms with Gasteiger partial charge in [-0.3, -0.25) is 0 Å². The van der Waals surface area contributed by atoms with Crippen LogP contribution in [0.15, 0.2) is 12.5 Å². The lowest BCUT2D eigenvalue weighted by molar-refractivity contribution is -0.139. The minimum atomic E-state index is -1.07. The second kappa shape index (κ2) is 6.38. The van der Waals surface area contributed by atoms with Crippen molar-refractivity contribution >= 4 is 12.0 Å². The van der Waals surface area contributed by atoms with Gasteiger partial charge in [0.05, 0.1) is 6.33 Å². The van der Waals surface area contributed by atoms with E-state index in [1.165, 1.54) is 6.33 Å². The van der Waals surface area contributed by atoms with E-state index in [1.807, 2.05) is 7.05 Å². The van der Waals surface area contributed by atoms with Gasteiger partial charge < -0.3 is 25.6 Å². The molecule has 0 aromatic carbocycles. The minimum Gasteiger partial charge on any atom is -0.480 e. The van der Waals surface area contributed by atoms with Crippen molar-refractivity contribution in [2.75, 3.05) is 20.1 Å². The predicted octanol–water partition coefficient (Wildman–Crippen LogP) is -0.591. The Morgan fingerprint density at radius 2 is 2.45 bits per heavy atom. The number of carboxylic acids is 1. The molecule has 8 heteroatoms. The normalized spacial score (nSPS) is 20.6. The van der Waals surface area contributed by atoms with E-state index < -0.39 is 18.0 Å². The van der Waals surface area contributed by atoms with Crippen LogP contribution in [0.2, 0.25) is 0 Å². The minimum absolute atomic E-state index is 0.0709. The summed E-state index contributed by atoms with van der Waals surface area (Å²) in [6.07, 6.45) is 4.07. The van der Waals surface area contributed by atoms with Gasteiger partial charge in [0.1, 0.15) is 6.04 Å². The summed E-state index contributed by atoms with van der Waals surface area (Å²) in [6.45, 7) is 1.72. The van der Waals surface area contributed by atoms with Crippen LogP contribution in [0.3, 0.4) is 0 Å². The van der Waals surface area contributed by atoms with Crippen LogP contribution < -0.4 is 10.6 Å². The lowest BCUT2D eigenvalue weighted by atomic mass is 10.1. The molecule has 4 N–H and O–H groups in total. The number of nitrogens with one attached hydrogen (secondary N) is 3. The summed E-state index contributed by atoms with van der Waals surface area (Å²) < 4.78 is 0. The van der Waals surface area contributed by atoms with Gasteiger partial charge in [-0.15, -0.1) is 0 Å². The number of carbonyl (C=O) groups excluding carboxylic acids is 1. The Kier molecular flexibility index (Phi) is 4.57. The number of carboxylic acid groups (broad SMARTS) is 1. The van der Waals surface area contributed by atoms with Crippen molar-refractivity contribution in [3.8, 4) is 0 Å². The van der Waals surface area contributed by atoms with Gasteiger partial charge in [-0.05, 0) is 20.0 Å². The molecule has 0 radical (unpaired) electrons. The van der Waals surface area contributed by atoms with Gasteiger partial charge in [-0.2, -0.15) is 0 Å². The molecule has 0 aliphatic carbocycles. The van der Waals surface area contributed by atoms with Gasteiger partial charge in [0, 0.05) is 30.9 Å². The summed E-state index contributed by atoms with van der Waals surface area (Å²) in [5.41, 5.74) is 0.665. The predicted molar refractivity (Wildman–Crippen MR) is 71.3 cm³/mol. The van der Waals surface area contributed by atoms with Crippen LogP contribution in [-0.2, 0) is 11.2 Å². The van der Waals surface area contributed by atoms with Crippen LogP contribution in [0.25, 0.3) is 0 Å². The zero-order valence-corrected chi connectivity index (χ0v) is 11.3. The standard InChI is InChI=1S/C12H19N5O3/c1-17-3-2-8(6-17)15-12(20)16-10(11(18)19)4-9-5-13-7-14-9/h5,7-8,10H,2-4,6H2,1H3,(H,13,14)(H,18,19)(H2,15,16,20)/t8?,10-/m0/s1. The largest absolute Gasteiger partial charge is 0.480 e. The third-order valence-electron chi connectivity index (χ3n) is 3.31. The Labute approximate surface area is 116 Å². The summed E-state index contributed by atoms with van der Waals surface area (Å²) in [5, 5.41) is 14.4. The number of hydrogen-bond acceptors (Lipinski definition) is 4. The number of hydrogen-bond donors (Lipinski definition) is 4. The van der Waals surface area contributed by atoms with Gasteiger partial charge >= 0.3 is 12.0 Å². The molecule has 1 aromatic rings. The third kappa shape index (κ3) is 3.95. The molecule has 1 unspecified atom stereocenters. The van der Waals surface area contributed by atoms with Crippen LogP contribution >= 0.6 is 0 Å². The molecule has 8 nitrogen and oxygen atoms in total. The van der Waals surface area contributed by atoms with Crippen molar-refractivity contribution in [2.24, 2.45) is 0 Å². The number of urea groups is 1. The van der Waals surface area contributed by atoms with Crippen molar-refractivity contribution in [2.45, 2.75) is 24.9 Å². The molecule has 0 saturated carbocycles. The summed E-state index contributed by atoms with van der Waals surface area (Å²) >= 11 is 0. The van der Waals surface area contributed by atoms with Gasteiger partial charge in [0.25, 0.3) is 0 Å². The van der Waals surface area contributed by atoms with Crippen molar-refractivity contribution < 1.29 is 14.7 Å². The Morgan fingerprint density at radius 3 is 3.00 bits per heavy atom. The van der Waals surface area contributed by atoms with E-state index in [4.69, 9.17) is 5.11 Å². The zero-order chi connectivity index (χ0) is 14.5. The fourth-order valence-corrected chi connectivity index (χ4v) is 2.25. The molecule has 1 aliphatic rings. The van der Waals surface area contributed by atoms with Gasteiger partial charge in [-0.25, -0.2) is 14.6 Å². The average Bonchev–Trinajstić information content (AvgIpc) is 3.00. The molecule has 1 fully saturated rings. The van der Waals surface area contributed by atoms with Crippen LogP contribution in [0.1, 0.15) is 12.1 Å². The maximum absolute atomic E-state index is 11.8. The molecule has 110 valence electrons. The first kappa shape index (κ1) is 14.3. The van der Waals surface area contributed by atoms with Crippen LogP contribution in [0.5, 0.6) is 0 Å². The number of aromatic nitrogens is 2. The van der Waals surface area contributed by atoms with E-state index >= 15 is 0 Å². The monoisotopic (exact) mass is 281 g/mol. The Hall–Kier alpha value is -2.09. The quantitative estimate of drug-likeness (QED) is 0.576. The molecule has 1 aliphatic heterocycles. The Balaban J connectivity index is 1.84. The molecule has 0 bridgehead atoms. The lowest BCUT2D eigenvalue weighted by Gasteiger charge is -2.17. The van der Waals surface area contributed by atoms with E-state index in [9.17, 15) is 9.59 Å². The van der Waals surface area contributed by atoms with Crippen molar-refractivity contribution in [1.29, 1.82) is 0 Å². The van der Waals surface area contributed by atoms with Crippen molar-refractivity contribution in [3.05, 3.63) is 18.2 Å². The Bertz CT molecular complexity index is 462. The second-order valence-electron chi connectivity index (χ2n) is 5.04. The number of carbonyl (C=O) groups is 2. The van der Waals surface area contributed by atoms with Crippen LogP contribution in [-0.4, -0.2) is 64.2 Å². The number of imidazole rings is 1. The van der Waals surface area contributed by atoms with E-state index in [-0.39, 0.29) is 12.5 Å². The highest BCUT2D eigenvalue weighted by Gasteiger charge is 2.24. The fraction of sp³-hybridized carbons (Fsp3) is 0.583.